The highest BCUT2D eigenvalue weighted by atomic mass is 32.2. The summed E-state index contributed by atoms with van der Waals surface area (Å²) in [6, 6.07) is 6.55. The number of aromatic nitrogens is 1. The van der Waals surface area contributed by atoms with Gasteiger partial charge in [-0.3, -0.25) is 9.52 Å². The van der Waals surface area contributed by atoms with Gasteiger partial charge in [-0.1, -0.05) is 13.0 Å². The van der Waals surface area contributed by atoms with E-state index in [1.165, 1.54) is 35.0 Å². The quantitative estimate of drug-likeness (QED) is 0.829. The second-order valence-electron chi connectivity index (χ2n) is 5.34. The number of pyridine rings is 1. The Balaban J connectivity index is 2.39. The minimum atomic E-state index is -3.96. The van der Waals surface area contributed by atoms with Gasteiger partial charge in [0.1, 0.15) is 0 Å². The summed E-state index contributed by atoms with van der Waals surface area (Å²) in [5.41, 5.74) is 0.413. The van der Waals surface area contributed by atoms with Crippen LogP contribution in [0, 0.1) is 6.92 Å². The number of rotatable bonds is 6. The van der Waals surface area contributed by atoms with Gasteiger partial charge in [0.05, 0.1) is 16.1 Å². The Morgan fingerprint density at radius 1 is 1.25 bits per heavy atom. The number of nitrogens with one attached hydrogen (secondary N) is 1. The molecule has 8 heteroatoms. The van der Waals surface area contributed by atoms with Crippen LogP contribution in [0.1, 0.15) is 29.3 Å². The number of aromatic carboxylic acids is 1. The molecule has 1 aromatic carbocycles. The molecule has 7 nitrogen and oxygen atoms in total. The summed E-state index contributed by atoms with van der Waals surface area (Å²) < 4.78 is 28.7. The molecular formula is C16H18N2O5S. The van der Waals surface area contributed by atoms with Gasteiger partial charge in [0.25, 0.3) is 15.6 Å². The highest BCUT2D eigenvalue weighted by molar-refractivity contribution is 7.92. The van der Waals surface area contributed by atoms with Gasteiger partial charge >= 0.3 is 5.97 Å². The number of sulfonamides is 1. The zero-order chi connectivity index (χ0) is 17.9. The SMILES string of the molecule is CCCn1cc(NS(=O)(=O)c2ccc(C)c(C(=O)O)c2)ccc1=O. The van der Waals surface area contributed by atoms with Crippen LogP contribution in [0.5, 0.6) is 0 Å². The molecule has 0 bridgehead atoms. The van der Waals surface area contributed by atoms with Crippen LogP contribution >= 0.6 is 0 Å². The van der Waals surface area contributed by atoms with E-state index in [0.717, 1.165) is 12.5 Å². The van der Waals surface area contributed by atoms with Crippen molar-refractivity contribution in [2.24, 2.45) is 0 Å². The van der Waals surface area contributed by atoms with Crippen LogP contribution in [0.4, 0.5) is 5.69 Å². The normalized spacial score (nSPS) is 11.2. The van der Waals surface area contributed by atoms with E-state index < -0.39 is 16.0 Å². The molecule has 2 aromatic rings. The molecule has 1 heterocycles. The molecule has 2 N–H and O–H groups in total. The van der Waals surface area contributed by atoms with Gasteiger partial charge in [0, 0.05) is 18.8 Å². The van der Waals surface area contributed by atoms with Crippen molar-refractivity contribution in [2.75, 3.05) is 4.72 Å². The molecule has 0 atom stereocenters. The maximum atomic E-state index is 12.5. The van der Waals surface area contributed by atoms with E-state index in [1.54, 1.807) is 6.92 Å². The fourth-order valence-electron chi connectivity index (χ4n) is 2.22. The van der Waals surface area contributed by atoms with Crippen molar-refractivity contribution in [1.82, 2.24) is 4.57 Å². The highest BCUT2D eigenvalue weighted by Crippen LogP contribution is 2.19. The minimum absolute atomic E-state index is 0.0752. The Hall–Kier alpha value is -2.61. The molecule has 0 fully saturated rings. The molecule has 0 aliphatic carbocycles. The molecular weight excluding hydrogens is 332 g/mol. The van der Waals surface area contributed by atoms with E-state index in [4.69, 9.17) is 5.11 Å². The van der Waals surface area contributed by atoms with Crippen LogP contribution in [0.3, 0.4) is 0 Å². The van der Waals surface area contributed by atoms with Crippen molar-refractivity contribution in [1.29, 1.82) is 0 Å². The molecule has 0 spiro atoms. The molecule has 0 amide bonds. The first-order chi connectivity index (χ1) is 11.2. The summed E-state index contributed by atoms with van der Waals surface area (Å²) in [4.78, 5) is 22.7. The first-order valence-electron chi connectivity index (χ1n) is 7.32. The van der Waals surface area contributed by atoms with Gasteiger partial charge in [0.2, 0.25) is 0 Å². The first-order valence-corrected chi connectivity index (χ1v) is 8.80. The number of carbonyl (C=O) groups is 1. The predicted molar refractivity (Wildman–Crippen MR) is 89.9 cm³/mol. The Bertz CT molecular complexity index is 932. The van der Waals surface area contributed by atoms with E-state index in [0.29, 0.717) is 12.1 Å². The third-order valence-electron chi connectivity index (χ3n) is 3.45. The maximum absolute atomic E-state index is 12.5. The molecule has 0 radical (unpaired) electrons. The van der Waals surface area contributed by atoms with E-state index in [-0.39, 0.29) is 21.7 Å². The minimum Gasteiger partial charge on any atom is -0.478 e. The predicted octanol–water partition coefficient (Wildman–Crippen LogP) is 2.07. The van der Waals surface area contributed by atoms with Gasteiger partial charge in [-0.15, -0.1) is 0 Å². The second-order valence-corrected chi connectivity index (χ2v) is 7.02. The van der Waals surface area contributed by atoms with Gasteiger partial charge in [0.15, 0.2) is 0 Å². The lowest BCUT2D eigenvalue weighted by Crippen LogP contribution is -2.20. The van der Waals surface area contributed by atoms with Gasteiger partial charge < -0.3 is 9.67 Å². The molecule has 24 heavy (non-hydrogen) atoms. The monoisotopic (exact) mass is 350 g/mol. The third-order valence-corrected chi connectivity index (χ3v) is 4.83. The number of benzene rings is 1. The fourth-order valence-corrected chi connectivity index (χ4v) is 3.29. The number of anilines is 1. The Kier molecular flexibility index (Phi) is 5.08. The maximum Gasteiger partial charge on any atom is 0.335 e. The zero-order valence-corrected chi connectivity index (χ0v) is 14.1. The number of hydrogen-bond acceptors (Lipinski definition) is 4. The van der Waals surface area contributed by atoms with E-state index in [2.05, 4.69) is 4.72 Å². The van der Waals surface area contributed by atoms with Crippen molar-refractivity contribution >= 4 is 21.7 Å². The summed E-state index contributed by atoms with van der Waals surface area (Å²) in [7, 11) is -3.96. The smallest absolute Gasteiger partial charge is 0.335 e. The topological polar surface area (TPSA) is 105 Å². The summed E-state index contributed by atoms with van der Waals surface area (Å²) >= 11 is 0. The Morgan fingerprint density at radius 3 is 2.58 bits per heavy atom. The van der Waals surface area contributed by atoms with Crippen LogP contribution in [0.25, 0.3) is 0 Å². The number of carboxylic acids is 1. The highest BCUT2D eigenvalue weighted by Gasteiger charge is 2.18. The fraction of sp³-hybridized carbons (Fsp3) is 0.250. The van der Waals surface area contributed by atoms with E-state index >= 15 is 0 Å². The first kappa shape index (κ1) is 17.7. The van der Waals surface area contributed by atoms with Gasteiger partial charge in [-0.2, -0.15) is 0 Å². The van der Waals surface area contributed by atoms with Crippen molar-refractivity contribution < 1.29 is 18.3 Å². The van der Waals surface area contributed by atoms with Crippen LogP contribution in [0.2, 0.25) is 0 Å². The van der Waals surface area contributed by atoms with Gasteiger partial charge in [-0.25, -0.2) is 13.2 Å². The molecule has 1 aromatic heterocycles. The molecule has 0 aliphatic rings. The van der Waals surface area contributed by atoms with Crippen LogP contribution < -0.4 is 10.3 Å². The van der Waals surface area contributed by atoms with Crippen LogP contribution in [-0.4, -0.2) is 24.1 Å². The van der Waals surface area contributed by atoms with Crippen LogP contribution in [0.15, 0.2) is 46.2 Å². The summed E-state index contributed by atoms with van der Waals surface area (Å²) in [5.74, 6) is -1.19. The summed E-state index contributed by atoms with van der Waals surface area (Å²) in [6.07, 6.45) is 2.16. The van der Waals surface area contributed by atoms with Gasteiger partial charge in [-0.05, 0) is 37.1 Å². The van der Waals surface area contributed by atoms with E-state index in [9.17, 15) is 18.0 Å². The molecule has 128 valence electrons. The average Bonchev–Trinajstić information content (AvgIpc) is 2.50. The largest absolute Gasteiger partial charge is 0.478 e. The second kappa shape index (κ2) is 6.88. The van der Waals surface area contributed by atoms with Crippen molar-refractivity contribution in [3.63, 3.8) is 0 Å². The van der Waals surface area contributed by atoms with Crippen molar-refractivity contribution in [2.45, 2.75) is 31.7 Å². The number of aryl methyl sites for hydroxylation is 2. The lowest BCUT2D eigenvalue weighted by Gasteiger charge is -2.11. The Labute approximate surface area is 139 Å². The summed E-state index contributed by atoms with van der Waals surface area (Å²) in [6.45, 7) is 3.97. The lowest BCUT2D eigenvalue weighted by molar-refractivity contribution is 0.0696. The number of hydrogen-bond donors (Lipinski definition) is 2. The van der Waals surface area contributed by atoms with E-state index in [1.807, 2.05) is 6.92 Å². The molecule has 0 unspecified atom stereocenters. The zero-order valence-electron chi connectivity index (χ0n) is 13.3. The molecule has 0 saturated carbocycles. The molecule has 2 rings (SSSR count). The van der Waals surface area contributed by atoms with Crippen molar-refractivity contribution in [3.8, 4) is 0 Å². The number of nitrogens with zero attached hydrogens (tertiary/aromatic N) is 1. The molecule has 0 saturated heterocycles. The third kappa shape index (κ3) is 3.83. The standard InChI is InChI=1S/C16H18N2O5S/c1-3-8-18-10-12(5-7-15(18)19)17-24(22,23)13-6-4-11(2)14(9-13)16(20)21/h4-7,9-10,17H,3,8H2,1-2H3,(H,20,21). The van der Waals surface area contributed by atoms with Crippen molar-refractivity contribution in [3.05, 3.63) is 58.0 Å². The Morgan fingerprint density at radius 2 is 1.96 bits per heavy atom. The van der Waals surface area contributed by atoms with Crippen LogP contribution in [-0.2, 0) is 16.6 Å². The average molecular weight is 350 g/mol. The number of carboxylic acid groups (broad SMARTS) is 1. The lowest BCUT2D eigenvalue weighted by atomic mass is 10.1. The summed E-state index contributed by atoms with van der Waals surface area (Å²) in [5, 5.41) is 9.12. The molecule has 0 aliphatic heterocycles.